The van der Waals surface area contributed by atoms with Crippen molar-refractivity contribution in [1.29, 1.82) is 0 Å². The highest BCUT2D eigenvalue weighted by molar-refractivity contribution is 7.99. The maximum absolute atomic E-state index is 11.8. The van der Waals surface area contributed by atoms with Crippen LogP contribution >= 0.6 is 23.4 Å². The van der Waals surface area contributed by atoms with Gasteiger partial charge in [0.15, 0.2) is 0 Å². The van der Waals surface area contributed by atoms with Crippen LogP contribution in [0.15, 0.2) is 29.4 Å². The molecule has 0 atom stereocenters. The number of benzene rings is 1. The van der Waals surface area contributed by atoms with Crippen LogP contribution in [-0.2, 0) is 11.3 Å². The number of amides is 1. The van der Waals surface area contributed by atoms with Gasteiger partial charge in [0.25, 0.3) is 0 Å². The maximum Gasteiger partial charge on any atom is 0.221 e. The first kappa shape index (κ1) is 16.8. The van der Waals surface area contributed by atoms with Crippen LogP contribution in [0.1, 0.15) is 31.9 Å². The third-order valence-electron chi connectivity index (χ3n) is 2.95. The highest BCUT2D eigenvalue weighted by Crippen LogP contribution is 2.18. The normalized spacial score (nSPS) is 10.9. The van der Waals surface area contributed by atoms with E-state index in [4.69, 9.17) is 11.6 Å². The summed E-state index contributed by atoms with van der Waals surface area (Å²) in [5.74, 6) is 0.609. The van der Waals surface area contributed by atoms with E-state index in [2.05, 4.69) is 20.8 Å². The number of rotatable bonds is 7. The molecular weight excluding hydrogens is 322 g/mol. The van der Waals surface area contributed by atoms with Crippen LogP contribution in [0.5, 0.6) is 0 Å². The van der Waals surface area contributed by atoms with E-state index < -0.39 is 0 Å². The molecule has 6 nitrogen and oxygen atoms in total. The fourth-order valence-electron chi connectivity index (χ4n) is 1.76. The van der Waals surface area contributed by atoms with Gasteiger partial charge in [-0.25, -0.2) is 4.68 Å². The van der Waals surface area contributed by atoms with E-state index in [1.807, 2.05) is 38.1 Å². The number of thioether (sulfide) groups is 1. The number of aromatic nitrogens is 4. The zero-order valence-corrected chi connectivity index (χ0v) is 14.1. The van der Waals surface area contributed by atoms with Crippen molar-refractivity contribution in [3.05, 3.63) is 34.9 Å². The van der Waals surface area contributed by atoms with Crippen molar-refractivity contribution >= 4 is 29.3 Å². The van der Waals surface area contributed by atoms with E-state index in [0.29, 0.717) is 23.7 Å². The molecule has 2 rings (SSSR count). The van der Waals surface area contributed by atoms with Gasteiger partial charge in [0, 0.05) is 23.7 Å². The van der Waals surface area contributed by atoms with E-state index >= 15 is 0 Å². The smallest absolute Gasteiger partial charge is 0.221 e. The summed E-state index contributed by atoms with van der Waals surface area (Å²) in [4.78, 5) is 11.8. The Morgan fingerprint density at radius 2 is 2.18 bits per heavy atom. The molecule has 0 fully saturated rings. The first-order valence-corrected chi connectivity index (χ1v) is 8.35. The Morgan fingerprint density at radius 1 is 1.41 bits per heavy atom. The molecule has 0 saturated carbocycles. The van der Waals surface area contributed by atoms with E-state index in [1.165, 1.54) is 11.8 Å². The fourth-order valence-corrected chi connectivity index (χ4v) is 2.91. The molecule has 1 N–H and O–H groups in total. The molecule has 1 aromatic heterocycles. The SMILES string of the molecule is CC(C)n1nnnc1SCCC(=O)NCc1ccccc1Cl. The lowest BCUT2D eigenvalue weighted by Gasteiger charge is -2.08. The van der Waals surface area contributed by atoms with Crippen LogP contribution in [0.4, 0.5) is 0 Å². The molecule has 22 heavy (non-hydrogen) atoms. The van der Waals surface area contributed by atoms with Gasteiger partial charge in [-0.05, 0) is 35.9 Å². The molecule has 0 saturated heterocycles. The molecule has 0 aliphatic rings. The average Bonchev–Trinajstić information content (AvgIpc) is 2.95. The van der Waals surface area contributed by atoms with Crippen molar-refractivity contribution in [2.45, 2.75) is 38.0 Å². The Balaban J connectivity index is 1.74. The average molecular weight is 340 g/mol. The van der Waals surface area contributed by atoms with Crippen LogP contribution in [0.3, 0.4) is 0 Å². The van der Waals surface area contributed by atoms with Crippen molar-refractivity contribution in [1.82, 2.24) is 25.5 Å². The summed E-state index contributed by atoms with van der Waals surface area (Å²) in [6, 6.07) is 7.67. The van der Waals surface area contributed by atoms with Crippen LogP contribution in [0, 0.1) is 0 Å². The Labute approximate surface area is 138 Å². The monoisotopic (exact) mass is 339 g/mol. The Hall–Kier alpha value is -1.60. The molecule has 8 heteroatoms. The highest BCUT2D eigenvalue weighted by atomic mass is 35.5. The van der Waals surface area contributed by atoms with Gasteiger partial charge in [-0.1, -0.05) is 41.6 Å². The van der Waals surface area contributed by atoms with Crippen molar-refractivity contribution in [3.8, 4) is 0 Å². The number of tetrazole rings is 1. The van der Waals surface area contributed by atoms with Gasteiger partial charge >= 0.3 is 0 Å². The van der Waals surface area contributed by atoms with Crippen LogP contribution < -0.4 is 5.32 Å². The van der Waals surface area contributed by atoms with E-state index in [-0.39, 0.29) is 11.9 Å². The minimum atomic E-state index is -0.0176. The second kappa shape index (κ2) is 8.14. The van der Waals surface area contributed by atoms with Crippen molar-refractivity contribution in [2.24, 2.45) is 0 Å². The molecule has 0 aliphatic carbocycles. The Bertz CT molecular complexity index is 631. The molecule has 0 spiro atoms. The molecule has 1 aromatic carbocycles. The number of nitrogens with zero attached hydrogens (tertiary/aromatic N) is 4. The lowest BCUT2D eigenvalue weighted by Crippen LogP contribution is -2.23. The van der Waals surface area contributed by atoms with Crippen molar-refractivity contribution in [2.75, 3.05) is 5.75 Å². The zero-order chi connectivity index (χ0) is 15.9. The quantitative estimate of drug-likeness (QED) is 0.785. The minimum absolute atomic E-state index is 0.0176. The number of halogens is 1. The minimum Gasteiger partial charge on any atom is -0.352 e. The van der Waals surface area contributed by atoms with Gasteiger partial charge in [-0.2, -0.15) is 0 Å². The summed E-state index contributed by atoms with van der Waals surface area (Å²) in [7, 11) is 0. The van der Waals surface area contributed by atoms with Crippen LogP contribution in [-0.4, -0.2) is 31.9 Å². The molecule has 1 amide bonds. The third kappa shape index (κ3) is 4.71. The Morgan fingerprint density at radius 3 is 2.91 bits per heavy atom. The summed E-state index contributed by atoms with van der Waals surface area (Å²) >= 11 is 7.52. The second-order valence-electron chi connectivity index (χ2n) is 4.97. The summed E-state index contributed by atoms with van der Waals surface area (Å²) in [5, 5.41) is 15.8. The number of nitrogens with one attached hydrogen (secondary N) is 1. The molecule has 0 radical (unpaired) electrons. The molecule has 1 heterocycles. The molecular formula is C14H18ClN5OS. The van der Waals surface area contributed by atoms with Crippen molar-refractivity contribution < 1.29 is 4.79 Å². The first-order valence-electron chi connectivity index (χ1n) is 6.98. The number of hydrogen-bond acceptors (Lipinski definition) is 5. The molecule has 0 unspecified atom stereocenters. The van der Waals surface area contributed by atoms with E-state index in [1.54, 1.807) is 4.68 Å². The lowest BCUT2D eigenvalue weighted by molar-refractivity contribution is -0.120. The first-order chi connectivity index (χ1) is 10.6. The van der Waals surface area contributed by atoms with Gasteiger partial charge in [-0.15, -0.1) is 5.10 Å². The number of hydrogen-bond donors (Lipinski definition) is 1. The van der Waals surface area contributed by atoms with Gasteiger partial charge in [0.1, 0.15) is 0 Å². The van der Waals surface area contributed by atoms with E-state index in [0.717, 1.165) is 10.7 Å². The number of carbonyl (C=O) groups is 1. The van der Waals surface area contributed by atoms with Gasteiger partial charge in [-0.3, -0.25) is 4.79 Å². The lowest BCUT2D eigenvalue weighted by atomic mass is 10.2. The summed E-state index contributed by atoms with van der Waals surface area (Å²) in [5.41, 5.74) is 0.911. The number of carbonyl (C=O) groups excluding carboxylic acids is 1. The Kier molecular flexibility index (Phi) is 6.21. The topological polar surface area (TPSA) is 72.7 Å². The van der Waals surface area contributed by atoms with Crippen molar-refractivity contribution in [3.63, 3.8) is 0 Å². The molecule has 0 bridgehead atoms. The van der Waals surface area contributed by atoms with Gasteiger partial charge < -0.3 is 5.32 Å². The largest absolute Gasteiger partial charge is 0.352 e. The zero-order valence-electron chi connectivity index (χ0n) is 12.5. The second-order valence-corrected chi connectivity index (χ2v) is 6.44. The molecule has 2 aromatic rings. The molecule has 118 valence electrons. The van der Waals surface area contributed by atoms with E-state index in [9.17, 15) is 4.79 Å². The van der Waals surface area contributed by atoms with Crippen LogP contribution in [0.25, 0.3) is 0 Å². The molecule has 0 aliphatic heterocycles. The third-order valence-corrected chi connectivity index (χ3v) is 4.25. The maximum atomic E-state index is 11.8. The van der Waals surface area contributed by atoms with Crippen LogP contribution in [0.2, 0.25) is 5.02 Å². The van der Waals surface area contributed by atoms with Gasteiger partial charge in [0.2, 0.25) is 11.1 Å². The highest BCUT2D eigenvalue weighted by Gasteiger charge is 2.10. The summed E-state index contributed by atoms with van der Waals surface area (Å²) < 4.78 is 1.74. The standard InChI is InChI=1S/C14H18ClN5OS/c1-10(2)20-14(17-18-19-20)22-8-7-13(21)16-9-11-5-3-4-6-12(11)15/h3-6,10H,7-9H2,1-2H3,(H,16,21). The van der Waals surface area contributed by atoms with Gasteiger partial charge in [0.05, 0.1) is 6.04 Å². The predicted molar refractivity (Wildman–Crippen MR) is 86.8 cm³/mol. The predicted octanol–water partition coefficient (Wildman–Crippen LogP) is 2.71. The summed E-state index contributed by atoms with van der Waals surface area (Å²) in [6.07, 6.45) is 0.403. The summed E-state index contributed by atoms with van der Waals surface area (Å²) in [6.45, 7) is 4.46. The fraction of sp³-hybridized carbons (Fsp3) is 0.429.